The Morgan fingerprint density at radius 3 is 2.67 bits per heavy atom. The zero-order valence-corrected chi connectivity index (χ0v) is 8.56. The molecule has 0 aliphatic carbocycles. The van der Waals surface area contributed by atoms with Crippen LogP contribution in [0.5, 0.6) is 0 Å². The van der Waals surface area contributed by atoms with Crippen LogP contribution in [0, 0.1) is 9.39 Å². The van der Waals surface area contributed by atoms with Crippen molar-refractivity contribution in [3.63, 3.8) is 0 Å². The van der Waals surface area contributed by atoms with E-state index in [1.54, 1.807) is 22.6 Å². The smallest absolute Gasteiger partial charge is 0.337 e. The lowest BCUT2D eigenvalue weighted by Crippen LogP contribution is -1.99. The Morgan fingerprint density at radius 2 is 2.17 bits per heavy atom. The maximum atomic E-state index is 12.9. The van der Waals surface area contributed by atoms with Crippen LogP contribution in [0.15, 0.2) is 12.1 Å². The second-order valence-electron chi connectivity index (χ2n) is 2.03. The van der Waals surface area contributed by atoms with Crippen LogP contribution in [0.4, 0.5) is 4.39 Å². The van der Waals surface area contributed by atoms with Crippen LogP contribution < -0.4 is 0 Å². The summed E-state index contributed by atoms with van der Waals surface area (Å²) in [4.78, 5) is 10.4. The molecule has 0 aliphatic rings. The third kappa shape index (κ3) is 1.69. The van der Waals surface area contributed by atoms with Crippen molar-refractivity contribution >= 4 is 40.2 Å². The highest BCUT2D eigenvalue weighted by atomic mass is 127. The molecule has 2 nitrogen and oxygen atoms in total. The topological polar surface area (TPSA) is 37.3 Å². The fourth-order valence-corrected chi connectivity index (χ4v) is 1.55. The summed E-state index contributed by atoms with van der Waals surface area (Å²) in [7, 11) is 0. The van der Waals surface area contributed by atoms with E-state index in [9.17, 15) is 9.18 Å². The summed E-state index contributed by atoms with van der Waals surface area (Å²) < 4.78 is 13.3. The summed E-state index contributed by atoms with van der Waals surface area (Å²) in [5.74, 6) is -1.91. The van der Waals surface area contributed by atoms with Gasteiger partial charge in [0.25, 0.3) is 0 Å². The summed E-state index contributed by atoms with van der Waals surface area (Å²) in [6.07, 6.45) is 0. The standard InChI is InChI=1S/C7H3ClFIO2/c8-5-3(7(11)12)1-2-4(10)6(5)9/h1-2H,(H,11,12). The second-order valence-corrected chi connectivity index (χ2v) is 3.57. The Bertz CT molecular complexity index is 340. The maximum absolute atomic E-state index is 12.9. The fraction of sp³-hybridized carbons (Fsp3) is 0. The van der Waals surface area contributed by atoms with E-state index in [1.807, 2.05) is 0 Å². The quantitative estimate of drug-likeness (QED) is 0.639. The van der Waals surface area contributed by atoms with Crippen LogP contribution in [0.1, 0.15) is 10.4 Å². The van der Waals surface area contributed by atoms with Gasteiger partial charge in [0.1, 0.15) is 0 Å². The second kappa shape index (κ2) is 3.57. The molecule has 5 heteroatoms. The molecule has 12 heavy (non-hydrogen) atoms. The van der Waals surface area contributed by atoms with Crippen molar-refractivity contribution in [2.45, 2.75) is 0 Å². The zero-order chi connectivity index (χ0) is 9.30. The van der Waals surface area contributed by atoms with Gasteiger partial charge in [-0.15, -0.1) is 0 Å². The number of carbonyl (C=O) groups is 1. The van der Waals surface area contributed by atoms with Gasteiger partial charge >= 0.3 is 5.97 Å². The van der Waals surface area contributed by atoms with Gasteiger partial charge in [0.2, 0.25) is 0 Å². The molecular formula is C7H3ClFIO2. The number of hydrogen-bond donors (Lipinski definition) is 1. The van der Waals surface area contributed by atoms with Crippen molar-refractivity contribution in [3.8, 4) is 0 Å². The van der Waals surface area contributed by atoms with E-state index in [0.29, 0.717) is 3.57 Å². The van der Waals surface area contributed by atoms with Crippen LogP contribution in [0.3, 0.4) is 0 Å². The SMILES string of the molecule is O=C(O)c1ccc(I)c(F)c1Cl. The van der Waals surface area contributed by atoms with E-state index in [4.69, 9.17) is 16.7 Å². The minimum Gasteiger partial charge on any atom is -0.478 e. The lowest BCUT2D eigenvalue weighted by Gasteiger charge is -2.00. The van der Waals surface area contributed by atoms with Gasteiger partial charge in [-0.1, -0.05) is 11.6 Å². The number of benzene rings is 1. The van der Waals surface area contributed by atoms with Gasteiger partial charge in [0.05, 0.1) is 14.2 Å². The van der Waals surface area contributed by atoms with Crippen molar-refractivity contribution in [3.05, 3.63) is 32.1 Å². The number of rotatable bonds is 1. The molecule has 0 saturated carbocycles. The maximum Gasteiger partial charge on any atom is 0.337 e. The van der Waals surface area contributed by atoms with Crippen molar-refractivity contribution in [2.75, 3.05) is 0 Å². The normalized spacial score (nSPS) is 9.92. The summed E-state index contributed by atoms with van der Waals surface area (Å²) in [5, 5.41) is 8.19. The summed E-state index contributed by atoms with van der Waals surface area (Å²) in [6, 6.07) is 2.64. The van der Waals surface area contributed by atoms with E-state index in [-0.39, 0.29) is 10.6 Å². The molecule has 1 rings (SSSR count). The minimum absolute atomic E-state index is 0.213. The molecule has 1 aromatic carbocycles. The largest absolute Gasteiger partial charge is 0.478 e. The third-order valence-corrected chi connectivity index (χ3v) is 2.47. The van der Waals surface area contributed by atoms with Crippen molar-refractivity contribution < 1.29 is 14.3 Å². The Balaban J connectivity index is 3.36. The van der Waals surface area contributed by atoms with Crippen LogP contribution >= 0.6 is 34.2 Å². The highest BCUT2D eigenvalue weighted by Gasteiger charge is 2.14. The average Bonchev–Trinajstić information content (AvgIpc) is 2.00. The van der Waals surface area contributed by atoms with Gasteiger partial charge in [-0.2, -0.15) is 0 Å². The highest BCUT2D eigenvalue weighted by Crippen LogP contribution is 2.23. The lowest BCUT2D eigenvalue weighted by molar-refractivity contribution is 0.0696. The first kappa shape index (κ1) is 9.73. The molecule has 1 aromatic rings. The summed E-state index contributed by atoms with van der Waals surface area (Å²) in [6.45, 7) is 0. The fourth-order valence-electron chi connectivity index (χ4n) is 0.691. The Hall–Kier alpha value is -0.360. The predicted octanol–water partition coefficient (Wildman–Crippen LogP) is 2.78. The van der Waals surface area contributed by atoms with Crippen LogP contribution in [0.25, 0.3) is 0 Å². The number of carboxylic acid groups (broad SMARTS) is 1. The Kier molecular flexibility index (Phi) is 2.89. The molecule has 0 aromatic heterocycles. The number of aromatic carboxylic acids is 1. The molecule has 0 saturated heterocycles. The lowest BCUT2D eigenvalue weighted by atomic mass is 10.2. The molecule has 0 radical (unpaired) electrons. The van der Waals surface area contributed by atoms with Gasteiger partial charge in [0.15, 0.2) is 5.82 Å². The molecule has 0 heterocycles. The summed E-state index contributed by atoms with van der Waals surface area (Å²) in [5.41, 5.74) is -0.213. The van der Waals surface area contributed by atoms with Crippen molar-refractivity contribution in [1.29, 1.82) is 0 Å². The van der Waals surface area contributed by atoms with Gasteiger partial charge in [-0.25, -0.2) is 9.18 Å². The molecular weight excluding hydrogens is 297 g/mol. The van der Waals surface area contributed by atoms with E-state index < -0.39 is 11.8 Å². The first-order valence-corrected chi connectivity index (χ1v) is 4.36. The van der Waals surface area contributed by atoms with E-state index >= 15 is 0 Å². The molecule has 0 amide bonds. The van der Waals surface area contributed by atoms with Crippen LogP contribution in [-0.4, -0.2) is 11.1 Å². The minimum atomic E-state index is -1.23. The molecule has 0 bridgehead atoms. The van der Waals surface area contributed by atoms with E-state index in [2.05, 4.69) is 0 Å². The molecule has 0 unspecified atom stereocenters. The number of halogens is 3. The average molecular weight is 300 g/mol. The van der Waals surface area contributed by atoms with E-state index in [0.717, 1.165) is 0 Å². The van der Waals surface area contributed by atoms with Gasteiger partial charge in [-0.05, 0) is 34.7 Å². The van der Waals surface area contributed by atoms with Crippen molar-refractivity contribution in [1.82, 2.24) is 0 Å². The molecule has 0 atom stereocenters. The number of carboxylic acids is 1. The van der Waals surface area contributed by atoms with Crippen LogP contribution in [-0.2, 0) is 0 Å². The van der Waals surface area contributed by atoms with Gasteiger partial charge in [0, 0.05) is 0 Å². The van der Waals surface area contributed by atoms with E-state index in [1.165, 1.54) is 12.1 Å². The third-order valence-electron chi connectivity index (χ3n) is 1.27. The van der Waals surface area contributed by atoms with Crippen LogP contribution in [0.2, 0.25) is 5.02 Å². The van der Waals surface area contributed by atoms with Gasteiger partial charge in [-0.3, -0.25) is 0 Å². The molecule has 1 N–H and O–H groups in total. The molecule has 64 valence electrons. The molecule has 0 fully saturated rings. The first-order valence-electron chi connectivity index (χ1n) is 2.91. The summed E-state index contributed by atoms with van der Waals surface area (Å²) >= 11 is 7.17. The number of hydrogen-bond acceptors (Lipinski definition) is 1. The van der Waals surface area contributed by atoms with Gasteiger partial charge < -0.3 is 5.11 Å². The van der Waals surface area contributed by atoms with Crippen molar-refractivity contribution in [2.24, 2.45) is 0 Å². The predicted molar refractivity (Wildman–Crippen MR) is 51.1 cm³/mol. The highest BCUT2D eigenvalue weighted by molar-refractivity contribution is 14.1. The Labute approximate surface area is 86.5 Å². The molecule has 0 spiro atoms. The zero-order valence-electron chi connectivity index (χ0n) is 5.64. The first-order chi connectivity index (χ1) is 5.54. The Morgan fingerprint density at radius 1 is 1.58 bits per heavy atom. The molecule has 0 aliphatic heterocycles. The monoisotopic (exact) mass is 300 g/mol.